The number of hydrogen-bond donors (Lipinski definition) is 1. The molecule has 0 aliphatic carbocycles. The average molecular weight is 453 g/mol. The summed E-state index contributed by atoms with van der Waals surface area (Å²) >= 11 is 13.8. The SMILES string of the molecule is CCC(C(=O)NC)N(Cc1ccc(Cl)c(Cl)c1)C(=O)CCSCc1ccccc1. The normalized spacial score (nSPS) is 11.7. The zero-order valence-corrected chi connectivity index (χ0v) is 19.0. The van der Waals surface area contributed by atoms with Crippen LogP contribution in [0.3, 0.4) is 0 Å². The van der Waals surface area contributed by atoms with Crippen molar-refractivity contribution in [2.24, 2.45) is 0 Å². The summed E-state index contributed by atoms with van der Waals surface area (Å²) in [4.78, 5) is 27.0. The molecule has 0 aliphatic heterocycles. The number of carbonyl (C=O) groups excluding carboxylic acids is 2. The van der Waals surface area contributed by atoms with Crippen LogP contribution in [0.25, 0.3) is 0 Å². The highest BCUT2D eigenvalue weighted by molar-refractivity contribution is 7.98. The van der Waals surface area contributed by atoms with Gasteiger partial charge in [0, 0.05) is 31.5 Å². The molecule has 0 radical (unpaired) electrons. The number of hydrogen-bond acceptors (Lipinski definition) is 3. The molecule has 2 rings (SSSR count). The molecule has 2 aromatic rings. The van der Waals surface area contributed by atoms with E-state index in [-0.39, 0.29) is 11.8 Å². The third kappa shape index (κ3) is 7.25. The third-order valence-electron chi connectivity index (χ3n) is 4.54. The van der Waals surface area contributed by atoms with Gasteiger partial charge >= 0.3 is 0 Å². The van der Waals surface area contributed by atoms with Crippen LogP contribution in [-0.2, 0) is 21.9 Å². The summed E-state index contributed by atoms with van der Waals surface area (Å²) in [5.74, 6) is 1.33. The predicted molar refractivity (Wildman–Crippen MR) is 122 cm³/mol. The van der Waals surface area contributed by atoms with E-state index in [9.17, 15) is 9.59 Å². The fourth-order valence-electron chi connectivity index (χ4n) is 2.99. The lowest BCUT2D eigenvalue weighted by Crippen LogP contribution is -2.48. The first-order chi connectivity index (χ1) is 14.0. The van der Waals surface area contributed by atoms with E-state index in [0.29, 0.717) is 35.2 Å². The van der Waals surface area contributed by atoms with Crippen molar-refractivity contribution in [2.75, 3.05) is 12.8 Å². The molecule has 0 aliphatic rings. The second-order valence-electron chi connectivity index (χ2n) is 6.60. The van der Waals surface area contributed by atoms with Crippen molar-refractivity contribution in [1.29, 1.82) is 0 Å². The van der Waals surface area contributed by atoms with Gasteiger partial charge < -0.3 is 10.2 Å². The molecule has 2 aromatic carbocycles. The highest BCUT2D eigenvalue weighted by atomic mass is 35.5. The summed E-state index contributed by atoms with van der Waals surface area (Å²) in [6.45, 7) is 2.21. The summed E-state index contributed by atoms with van der Waals surface area (Å²) in [7, 11) is 1.59. The highest BCUT2D eigenvalue weighted by Gasteiger charge is 2.27. The lowest BCUT2D eigenvalue weighted by Gasteiger charge is -2.30. The first-order valence-electron chi connectivity index (χ1n) is 9.53. The van der Waals surface area contributed by atoms with Crippen molar-refractivity contribution >= 4 is 46.8 Å². The lowest BCUT2D eigenvalue weighted by molar-refractivity contribution is -0.140. The van der Waals surface area contributed by atoms with Crippen LogP contribution >= 0.6 is 35.0 Å². The van der Waals surface area contributed by atoms with Gasteiger partial charge in [-0.1, -0.05) is 66.5 Å². The summed E-state index contributed by atoms with van der Waals surface area (Å²) in [5, 5.41) is 3.56. The summed E-state index contributed by atoms with van der Waals surface area (Å²) in [6.07, 6.45) is 0.899. The Morgan fingerprint density at radius 1 is 1.07 bits per heavy atom. The molecule has 7 heteroatoms. The fraction of sp³-hybridized carbons (Fsp3) is 0.364. The maximum atomic E-state index is 13.0. The van der Waals surface area contributed by atoms with Gasteiger partial charge in [0.15, 0.2) is 0 Å². The van der Waals surface area contributed by atoms with Crippen LogP contribution in [0.15, 0.2) is 48.5 Å². The molecule has 1 atom stereocenters. The molecular weight excluding hydrogens is 427 g/mol. The molecule has 1 N–H and O–H groups in total. The van der Waals surface area contributed by atoms with Crippen molar-refractivity contribution in [3.63, 3.8) is 0 Å². The van der Waals surface area contributed by atoms with Crippen LogP contribution in [0.2, 0.25) is 10.0 Å². The first-order valence-corrected chi connectivity index (χ1v) is 11.4. The molecule has 156 valence electrons. The highest BCUT2D eigenvalue weighted by Crippen LogP contribution is 2.24. The van der Waals surface area contributed by atoms with Crippen LogP contribution in [-0.4, -0.2) is 35.6 Å². The average Bonchev–Trinajstić information content (AvgIpc) is 2.74. The Bertz CT molecular complexity index is 818. The fourth-order valence-corrected chi connectivity index (χ4v) is 4.20. The van der Waals surface area contributed by atoms with E-state index in [1.54, 1.807) is 35.8 Å². The maximum Gasteiger partial charge on any atom is 0.242 e. The Hall–Kier alpha value is -1.69. The third-order valence-corrected chi connectivity index (χ3v) is 6.31. The molecule has 0 aromatic heterocycles. The molecule has 0 saturated heterocycles. The number of nitrogens with zero attached hydrogens (tertiary/aromatic N) is 1. The number of nitrogens with one attached hydrogen (secondary N) is 1. The van der Waals surface area contributed by atoms with Crippen LogP contribution in [0.5, 0.6) is 0 Å². The summed E-state index contributed by atoms with van der Waals surface area (Å²) in [6, 6.07) is 14.9. The second kappa shape index (κ2) is 12.1. The van der Waals surface area contributed by atoms with Gasteiger partial charge in [0.25, 0.3) is 0 Å². The number of amides is 2. The Morgan fingerprint density at radius 3 is 2.41 bits per heavy atom. The molecule has 0 fully saturated rings. The number of rotatable bonds is 10. The largest absolute Gasteiger partial charge is 0.357 e. The number of thioether (sulfide) groups is 1. The van der Waals surface area contributed by atoms with Gasteiger partial charge in [0.05, 0.1) is 10.0 Å². The van der Waals surface area contributed by atoms with E-state index in [1.165, 1.54) is 5.56 Å². The van der Waals surface area contributed by atoms with Crippen molar-refractivity contribution in [3.05, 3.63) is 69.7 Å². The van der Waals surface area contributed by atoms with Crippen molar-refractivity contribution < 1.29 is 9.59 Å². The van der Waals surface area contributed by atoms with Gasteiger partial charge in [-0.25, -0.2) is 0 Å². The molecule has 0 spiro atoms. The molecule has 2 amide bonds. The van der Waals surface area contributed by atoms with Gasteiger partial charge in [-0.3, -0.25) is 9.59 Å². The van der Waals surface area contributed by atoms with Crippen LogP contribution in [0.4, 0.5) is 0 Å². The Labute approximate surface area is 187 Å². The Balaban J connectivity index is 2.05. The van der Waals surface area contributed by atoms with Crippen LogP contribution in [0, 0.1) is 0 Å². The van der Waals surface area contributed by atoms with Crippen LogP contribution in [0.1, 0.15) is 30.9 Å². The smallest absolute Gasteiger partial charge is 0.242 e. The quantitative estimate of drug-likeness (QED) is 0.505. The van der Waals surface area contributed by atoms with E-state index in [4.69, 9.17) is 23.2 Å². The molecular formula is C22H26Cl2N2O2S. The molecule has 4 nitrogen and oxygen atoms in total. The Kier molecular flexibility index (Phi) is 9.85. The minimum atomic E-state index is -0.527. The standard InChI is InChI=1S/C22H26Cl2N2O2S/c1-3-20(22(28)25-2)26(14-17-9-10-18(23)19(24)13-17)21(27)11-12-29-15-16-7-5-4-6-8-16/h4-10,13,20H,3,11-12,14-15H2,1-2H3,(H,25,28). The molecule has 29 heavy (non-hydrogen) atoms. The lowest BCUT2D eigenvalue weighted by atomic mass is 10.1. The maximum absolute atomic E-state index is 13.0. The van der Waals surface area contributed by atoms with E-state index in [2.05, 4.69) is 17.4 Å². The Morgan fingerprint density at radius 2 is 1.79 bits per heavy atom. The van der Waals surface area contributed by atoms with Crippen molar-refractivity contribution in [2.45, 2.75) is 38.1 Å². The number of halogens is 2. The molecule has 0 heterocycles. The van der Waals surface area contributed by atoms with E-state index in [1.807, 2.05) is 31.2 Å². The van der Waals surface area contributed by atoms with Gasteiger partial charge in [-0.15, -0.1) is 0 Å². The van der Waals surface area contributed by atoms with Gasteiger partial charge in [0.1, 0.15) is 6.04 Å². The van der Waals surface area contributed by atoms with Gasteiger partial charge in [-0.2, -0.15) is 11.8 Å². The number of carbonyl (C=O) groups is 2. The molecule has 0 bridgehead atoms. The zero-order valence-electron chi connectivity index (χ0n) is 16.7. The van der Waals surface area contributed by atoms with Gasteiger partial charge in [0.2, 0.25) is 11.8 Å². The van der Waals surface area contributed by atoms with E-state index < -0.39 is 6.04 Å². The topological polar surface area (TPSA) is 49.4 Å². The summed E-state index contributed by atoms with van der Waals surface area (Å²) < 4.78 is 0. The minimum Gasteiger partial charge on any atom is -0.357 e. The monoisotopic (exact) mass is 452 g/mol. The van der Waals surface area contributed by atoms with E-state index >= 15 is 0 Å². The molecule has 1 unspecified atom stereocenters. The number of benzene rings is 2. The first kappa shape index (κ1) is 23.6. The summed E-state index contributed by atoms with van der Waals surface area (Å²) in [5.41, 5.74) is 2.07. The minimum absolute atomic E-state index is 0.0490. The number of likely N-dealkylation sites (N-methyl/N-ethyl adjacent to an activating group) is 1. The van der Waals surface area contributed by atoms with Crippen molar-refractivity contribution in [1.82, 2.24) is 10.2 Å². The van der Waals surface area contributed by atoms with Crippen molar-refractivity contribution in [3.8, 4) is 0 Å². The predicted octanol–water partition coefficient (Wildman–Crippen LogP) is 5.17. The zero-order chi connectivity index (χ0) is 21.2. The van der Waals surface area contributed by atoms with Gasteiger partial charge in [-0.05, 0) is 29.7 Å². The second-order valence-corrected chi connectivity index (χ2v) is 8.52. The van der Waals surface area contributed by atoms with E-state index in [0.717, 1.165) is 11.3 Å². The molecule has 0 saturated carbocycles. The van der Waals surface area contributed by atoms with Crippen LogP contribution < -0.4 is 5.32 Å².